The van der Waals surface area contributed by atoms with E-state index in [4.69, 9.17) is 0 Å². The van der Waals surface area contributed by atoms with Gasteiger partial charge in [-0.15, -0.1) is 0 Å². The van der Waals surface area contributed by atoms with Gasteiger partial charge in [-0.2, -0.15) is 0 Å². The summed E-state index contributed by atoms with van der Waals surface area (Å²) in [5.74, 6) is 0. The van der Waals surface area contributed by atoms with Crippen LogP contribution < -0.4 is 10.0 Å². The second-order valence-corrected chi connectivity index (χ2v) is 9.63. The first kappa shape index (κ1) is 22.9. The lowest BCUT2D eigenvalue weighted by Gasteiger charge is -2.30. The Hall–Kier alpha value is -3.32. The normalized spacial score (nSPS) is 13.4. The number of sulfonamides is 1. The fourth-order valence-electron chi connectivity index (χ4n) is 3.75. The van der Waals surface area contributed by atoms with Crippen LogP contribution in [-0.2, 0) is 16.6 Å². The minimum absolute atomic E-state index is 0.241. The summed E-state index contributed by atoms with van der Waals surface area (Å²) >= 11 is 0. The molecular formula is C27H27N3O2S. The van der Waals surface area contributed by atoms with E-state index in [-0.39, 0.29) is 10.9 Å². The Morgan fingerprint density at radius 3 is 1.88 bits per heavy atom. The number of pyridine rings is 1. The smallest absolute Gasteiger partial charge is 0.241 e. The van der Waals surface area contributed by atoms with Crippen molar-refractivity contribution < 1.29 is 8.42 Å². The van der Waals surface area contributed by atoms with Crippen LogP contribution in [0.25, 0.3) is 0 Å². The average Bonchev–Trinajstić information content (AvgIpc) is 2.85. The van der Waals surface area contributed by atoms with Gasteiger partial charge in [0.1, 0.15) is 0 Å². The Balaban J connectivity index is 1.72. The zero-order chi connectivity index (χ0) is 23.1. The molecule has 0 bridgehead atoms. The summed E-state index contributed by atoms with van der Waals surface area (Å²) in [6.07, 6.45) is 1.75. The van der Waals surface area contributed by atoms with E-state index in [2.05, 4.69) is 15.0 Å². The van der Waals surface area contributed by atoms with E-state index in [1.54, 1.807) is 30.5 Å². The highest BCUT2D eigenvalue weighted by atomic mass is 32.2. The van der Waals surface area contributed by atoms with E-state index >= 15 is 0 Å². The molecule has 0 aliphatic heterocycles. The molecule has 2 atom stereocenters. The number of aromatic nitrogens is 1. The summed E-state index contributed by atoms with van der Waals surface area (Å²) in [5.41, 5.74) is 3.74. The molecule has 6 heteroatoms. The van der Waals surface area contributed by atoms with Gasteiger partial charge in [-0.25, -0.2) is 13.1 Å². The topological polar surface area (TPSA) is 71.1 Å². The lowest BCUT2D eigenvalue weighted by atomic mass is 9.94. The summed E-state index contributed by atoms with van der Waals surface area (Å²) in [4.78, 5) is 4.65. The molecule has 2 N–H and O–H groups in total. The fourth-order valence-corrected chi connectivity index (χ4v) is 4.98. The van der Waals surface area contributed by atoms with Gasteiger partial charge < -0.3 is 5.32 Å². The van der Waals surface area contributed by atoms with Crippen molar-refractivity contribution in [3.05, 3.63) is 132 Å². The minimum atomic E-state index is -3.77. The van der Waals surface area contributed by atoms with Gasteiger partial charge in [0, 0.05) is 12.7 Å². The predicted molar refractivity (Wildman–Crippen MR) is 131 cm³/mol. The largest absolute Gasteiger partial charge is 0.303 e. The number of nitrogens with zero attached hydrogens (tertiary/aromatic N) is 1. The molecule has 4 aromatic rings. The van der Waals surface area contributed by atoms with Gasteiger partial charge >= 0.3 is 0 Å². The molecule has 168 valence electrons. The van der Waals surface area contributed by atoms with Gasteiger partial charge in [0.25, 0.3) is 0 Å². The van der Waals surface area contributed by atoms with Crippen LogP contribution in [0.1, 0.15) is 34.5 Å². The minimum Gasteiger partial charge on any atom is -0.303 e. The molecule has 0 aliphatic rings. The van der Waals surface area contributed by atoms with Crippen LogP contribution in [0, 0.1) is 6.92 Å². The maximum Gasteiger partial charge on any atom is 0.241 e. The maximum absolute atomic E-state index is 13.4. The number of benzene rings is 3. The quantitative estimate of drug-likeness (QED) is 0.373. The van der Waals surface area contributed by atoms with Crippen LogP contribution in [-0.4, -0.2) is 13.4 Å². The number of nitrogens with one attached hydrogen (secondary N) is 2. The van der Waals surface area contributed by atoms with Gasteiger partial charge in [-0.05, 0) is 42.3 Å². The molecule has 0 radical (unpaired) electrons. The molecule has 33 heavy (non-hydrogen) atoms. The number of rotatable bonds is 9. The Morgan fingerprint density at radius 1 is 0.727 bits per heavy atom. The highest BCUT2D eigenvalue weighted by Crippen LogP contribution is 2.31. The highest BCUT2D eigenvalue weighted by molar-refractivity contribution is 7.89. The Bertz CT molecular complexity index is 1250. The molecule has 5 nitrogen and oxygen atoms in total. The first-order chi connectivity index (χ1) is 16.0. The van der Waals surface area contributed by atoms with Crippen molar-refractivity contribution in [3.63, 3.8) is 0 Å². The van der Waals surface area contributed by atoms with Crippen LogP contribution >= 0.6 is 0 Å². The second-order valence-electron chi connectivity index (χ2n) is 7.91. The summed E-state index contributed by atoms with van der Waals surface area (Å²) in [6, 6.07) is 31.3. The molecule has 0 saturated heterocycles. The predicted octanol–water partition coefficient (Wildman–Crippen LogP) is 4.94. The van der Waals surface area contributed by atoms with Crippen molar-refractivity contribution in [2.24, 2.45) is 0 Å². The second kappa shape index (κ2) is 10.5. The molecule has 0 spiro atoms. The van der Waals surface area contributed by atoms with Gasteiger partial charge in [-0.3, -0.25) is 4.98 Å². The summed E-state index contributed by atoms with van der Waals surface area (Å²) < 4.78 is 29.7. The third-order valence-electron chi connectivity index (χ3n) is 5.49. The van der Waals surface area contributed by atoms with Gasteiger partial charge in [0.2, 0.25) is 10.0 Å². The third kappa shape index (κ3) is 5.93. The summed E-state index contributed by atoms with van der Waals surface area (Å²) in [5, 5.41) is 3.54. The van der Waals surface area contributed by atoms with Crippen LogP contribution in [0.5, 0.6) is 0 Å². The van der Waals surface area contributed by atoms with Gasteiger partial charge in [0.05, 0.1) is 22.7 Å². The zero-order valence-corrected chi connectivity index (χ0v) is 19.2. The molecule has 4 rings (SSSR count). The van der Waals surface area contributed by atoms with E-state index in [0.29, 0.717) is 6.54 Å². The molecule has 0 unspecified atom stereocenters. The van der Waals surface area contributed by atoms with Crippen LogP contribution in [0.2, 0.25) is 0 Å². The number of hydrogen-bond acceptors (Lipinski definition) is 4. The first-order valence-corrected chi connectivity index (χ1v) is 12.3. The maximum atomic E-state index is 13.4. The van der Waals surface area contributed by atoms with Crippen LogP contribution in [0.15, 0.2) is 114 Å². The first-order valence-electron chi connectivity index (χ1n) is 10.8. The lowest BCUT2D eigenvalue weighted by Crippen LogP contribution is -2.38. The number of hydrogen-bond donors (Lipinski definition) is 2. The molecule has 3 aromatic carbocycles. The van der Waals surface area contributed by atoms with Crippen molar-refractivity contribution in [2.75, 3.05) is 0 Å². The van der Waals surface area contributed by atoms with E-state index < -0.39 is 16.1 Å². The highest BCUT2D eigenvalue weighted by Gasteiger charge is 2.29. The van der Waals surface area contributed by atoms with Crippen LogP contribution in [0.3, 0.4) is 0 Å². The van der Waals surface area contributed by atoms with E-state index in [1.165, 1.54) is 0 Å². The SMILES string of the molecule is Cc1ccc(S(=O)(=O)N[C@H](c2ccccc2)[C@H](NCc2ccccn2)c2ccccc2)cc1. The van der Waals surface area contributed by atoms with Gasteiger partial charge in [-0.1, -0.05) is 84.4 Å². The molecule has 0 aliphatic carbocycles. The zero-order valence-electron chi connectivity index (χ0n) is 18.4. The molecule has 1 aromatic heterocycles. The van der Waals surface area contributed by atoms with E-state index in [9.17, 15) is 8.42 Å². The van der Waals surface area contributed by atoms with Crippen molar-refractivity contribution in [1.29, 1.82) is 0 Å². The molecular weight excluding hydrogens is 430 g/mol. The molecule has 0 amide bonds. The Kier molecular flexibility index (Phi) is 7.29. The molecule has 1 heterocycles. The molecule has 0 saturated carbocycles. The fraction of sp³-hybridized carbons (Fsp3) is 0.148. The van der Waals surface area contributed by atoms with E-state index in [1.807, 2.05) is 85.8 Å². The van der Waals surface area contributed by atoms with Crippen molar-refractivity contribution in [1.82, 2.24) is 15.0 Å². The average molecular weight is 458 g/mol. The van der Waals surface area contributed by atoms with Gasteiger partial charge in [0.15, 0.2) is 0 Å². The van der Waals surface area contributed by atoms with Crippen molar-refractivity contribution >= 4 is 10.0 Å². The molecule has 0 fully saturated rings. The van der Waals surface area contributed by atoms with E-state index in [0.717, 1.165) is 22.4 Å². The van der Waals surface area contributed by atoms with Crippen LogP contribution in [0.4, 0.5) is 0 Å². The summed E-state index contributed by atoms with van der Waals surface area (Å²) in [7, 11) is -3.77. The third-order valence-corrected chi connectivity index (χ3v) is 6.95. The number of aryl methyl sites for hydroxylation is 1. The lowest BCUT2D eigenvalue weighted by molar-refractivity contribution is 0.419. The Morgan fingerprint density at radius 2 is 1.30 bits per heavy atom. The Labute approximate surface area is 195 Å². The van der Waals surface area contributed by atoms with Crippen molar-refractivity contribution in [3.8, 4) is 0 Å². The summed E-state index contributed by atoms with van der Waals surface area (Å²) in [6.45, 7) is 2.43. The monoisotopic (exact) mass is 457 g/mol. The van der Waals surface area contributed by atoms with Crippen molar-refractivity contribution in [2.45, 2.75) is 30.4 Å². The standard InChI is InChI=1S/C27H27N3O2S/c1-21-15-17-25(18-16-21)33(31,32)30-27(23-12-6-3-7-13-23)26(22-10-4-2-5-11-22)29-20-24-14-8-9-19-28-24/h2-19,26-27,29-30H,20H2,1H3/t26-,27-/m1/s1.